The Morgan fingerprint density at radius 1 is 0.441 bits per heavy atom. The predicted octanol–water partition coefficient (Wildman–Crippen LogP) is 4.71. The standard InChI is InChI=1S/C28H28N2O4/c31-25-21-5-1-2-6-22(21)26(32)29(25)19-13-9-17(10-14-19)18-11-15-20(16-12-18)30-27(33)23-7-3-4-8-24(23)28(30)34/h9-16,21-24H,1-8H2. The molecule has 2 aromatic carbocycles. The smallest absolute Gasteiger partial charge is 0.237 e. The van der Waals surface area contributed by atoms with Crippen LogP contribution in [0.25, 0.3) is 11.1 Å². The molecule has 4 aliphatic rings. The molecule has 6 heteroatoms. The molecule has 2 aliphatic carbocycles. The van der Waals surface area contributed by atoms with Gasteiger partial charge in [0, 0.05) is 0 Å². The number of rotatable bonds is 3. The Morgan fingerprint density at radius 3 is 0.971 bits per heavy atom. The maximum Gasteiger partial charge on any atom is 0.237 e. The van der Waals surface area contributed by atoms with Gasteiger partial charge < -0.3 is 0 Å². The Hall–Kier alpha value is -3.28. The van der Waals surface area contributed by atoms with Crippen LogP contribution < -0.4 is 9.80 Å². The van der Waals surface area contributed by atoms with E-state index in [1.165, 1.54) is 9.80 Å². The third-order valence-corrected chi connectivity index (χ3v) is 8.27. The molecule has 34 heavy (non-hydrogen) atoms. The molecule has 4 fully saturated rings. The Morgan fingerprint density at radius 2 is 0.706 bits per heavy atom. The summed E-state index contributed by atoms with van der Waals surface area (Å²) in [6.07, 6.45) is 7.27. The summed E-state index contributed by atoms with van der Waals surface area (Å²) in [5.41, 5.74) is 3.14. The average molecular weight is 457 g/mol. The van der Waals surface area contributed by atoms with Gasteiger partial charge in [-0.3, -0.25) is 29.0 Å². The number of carbonyl (C=O) groups excluding carboxylic acids is 4. The zero-order valence-electron chi connectivity index (χ0n) is 19.1. The maximum atomic E-state index is 12.9. The second kappa shape index (κ2) is 8.19. The summed E-state index contributed by atoms with van der Waals surface area (Å²) in [4.78, 5) is 54.2. The summed E-state index contributed by atoms with van der Waals surface area (Å²) in [6, 6.07) is 15.0. The third-order valence-electron chi connectivity index (χ3n) is 8.27. The molecule has 2 aromatic rings. The summed E-state index contributed by atoms with van der Waals surface area (Å²) in [5, 5.41) is 0. The molecular formula is C28H28N2O4. The number of hydrogen-bond acceptors (Lipinski definition) is 4. The van der Waals surface area contributed by atoms with Crippen LogP contribution in [0.4, 0.5) is 11.4 Å². The Kier molecular flexibility index (Phi) is 5.12. The molecule has 6 rings (SSSR count). The van der Waals surface area contributed by atoms with Crippen LogP contribution >= 0.6 is 0 Å². The van der Waals surface area contributed by atoms with Crippen molar-refractivity contribution in [2.75, 3.05) is 9.80 Å². The topological polar surface area (TPSA) is 74.8 Å². The van der Waals surface area contributed by atoms with E-state index >= 15 is 0 Å². The molecule has 0 spiro atoms. The molecule has 174 valence electrons. The minimum absolute atomic E-state index is 0.0627. The molecule has 0 radical (unpaired) electrons. The number of fused-ring (bicyclic) bond motifs is 2. The number of carbonyl (C=O) groups is 4. The molecular weight excluding hydrogens is 428 g/mol. The van der Waals surface area contributed by atoms with Crippen LogP contribution in [-0.4, -0.2) is 23.6 Å². The first-order chi connectivity index (χ1) is 16.5. The Bertz CT molecular complexity index is 1030. The molecule has 2 aliphatic heterocycles. The van der Waals surface area contributed by atoms with Crippen molar-refractivity contribution in [3.63, 3.8) is 0 Å². The van der Waals surface area contributed by atoms with Crippen molar-refractivity contribution in [3.8, 4) is 11.1 Å². The molecule has 2 saturated heterocycles. The van der Waals surface area contributed by atoms with Crippen LogP contribution in [0.15, 0.2) is 48.5 Å². The molecule has 4 unspecified atom stereocenters. The number of benzene rings is 2. The highest BCUT2D eigenvalue weighted by atomic mass is 16.2. The van der Waals surface area contributed by atoms with E-state index in [-0.39, 0.29) is 47.3 Å². The molecule has 2 heterocycles. The second-order valence-corrected chi connectivity index (χ2v) is 10.1. The lowest BCUT2D eigenvalue weighted by Crippen LogP contribution is -2.30. The molecule has 0 aromatic heterocycles. The van der Waals surface area contributed by atoms with Crippen LogP contribution in [0.3, 0.4) is 0 Å². The van der Waals surface area contributed by atoms with Crippen LogP contribution in [0.1, 0.15) is 51.4 Å². The van der Waals surface area contributed by atoms with E-state index in [9.17, 15) is 19.2 Å². The van der Waals surface area contributed by atoms with E-state index in [0.29, 0.717) is 11.4 Å². The Balaban J connectivity index is 1.21. The summed E-state index contributed by atoms with van der Waals surface area (Å²) in [5.74, 6) is -0.887. The predicted molar refractivity (Wildman–Crippen MR) is 128 cm³/mol. The molecule has 4 atom stereocenters. The Labute approximate surface area is 198 Å². The van der Waals surface area contributed by atoms with Gasteiger partial charge in [-0.2, -0.15) is 0 Å². The number of amides is 4. The molecule has 0 bridgehead atoms. The van der Waals surface area contributed by atoms with Crippen molar-refractivity contribution in [3.05, 3.63) is 48.5 Å². The van der Waals surface area contributed by atoms with E-state index in [2.05, 4.69) is 0 Å². The van der Waals surface area contributed by atoms with Crippen molar-refractivity contribution in [1.82, 2.24) is 0 Å². The first kappa shape index (κ1) is 21.3. The number of nitrogens with zero attached hydrogens (tertiary/aromatic N) is 2. The largest absolute Gasteiger partial charge is 0.274 e. The van der Waals surface area contributed by atoms with Gasteiger partial charge in [-0.1, -0.05) is 49.9 Å². The van der Waals surface area contributed by atoms with Crippen molar-refractivity contribution in [2.24, 2.45) is 23.7 Å². The van der Waals surface area contributed by atoms with E-state index < -0.39 is 0 Å². The molecule has 0 N–H and O–H groups in total. The number of hydrogen-bond donors (Lipinski definition) is 0. The lowest BCUT2D eigenvalue weighted by molar-refractivity contribution is -0.124. The van der Waals surface area contributed by atoms with Crippen LogP contribution in [0, 0.1) is 23.7 Å². The van der Waals surface area contributed by atoms with Gasteiger partial charge in [0.15, 0.2) is 0 Å². The van der Waals surface area contributed by atoms with Crippen molar-refractivity contribution in [1.29, 1.82) is 0 Å². The summed E-state index contributed by atoms with van der Waals surface area (Å²) in [7, 11) is 0. The lowest BCUT2D eigenvalue weighted by atomic mass is 9.81. The minimum atomic E-state index is -0.159. The fourth-order valence-corrected chi connectivity index (χ4v) is 6.44. The quantitative estimate of drug-likeness (QED) is 0.627. The molecule has 4 amide bonds. The van der Waals surface area contributed by atoms with Gasteiger partial charge in [0.1, 0.15) is 0 Å². The zero-order chi connectivity index (χ0) is 23.4. The fraction of sp³-hybridized carbons (Fsp3) is 0.429. The SMILES string of the molecule is O=C1C2CCCCC2C(=O)N1c1ccc(-c2ccc(N3C(=O)C4CCCCC4C3=O)cc2)cc1. The normalized spacial score (nSPS) is 28.9. The summed E-state index contributed by atoms with van der Waals surface area (Å²) < 4.78 is 0. The van der Waals surface area contributed by atoms with Gasteiger partial charge in [-0.25, -0.2) is 0 Å². The highest BCUT2D eigenvalue weighted by Gasteiger charge is 2.49. The van der Waals surface area contributed by atoms with Gasteiger partial charge in [-0.15, -0.1) is 0 Å². The third kappa shape index (κ3) is 3.23. The first-order valence-electron chi connectivity index (χ1n) is 12.5. The van der Waals surface area contributed by atoms with Crippen molar-refractivity contribution in [2.45, 2.75) is 51.4 Å². The summed E-state index contributed by atoms with van der Waals surface area (Å²) >= 11 is 0. The number of anilines is 2. The maximum absolute atomic E-state index is 12.9. The van der Waals surface area contributed by atoms with Crippen LogP contribution in [0.5, 0.6) is 0 Å². The van der Waals surface area contributed by atoms with Gasteiger partial charge in [0.05, 0.1) is 35.0 Å². The van der Waals surface area contributed by atoms with Gasteiger partial charge in [-0.05, 0) is 61.1 Å². The van der Waals surface area contributed by atoms with Crippen molar-refractivity contribution < 1.29 is 19.2 Å². The molecule has 6 nitrogen and oxygen atoms in total. The van der Waals surface area contributed by atoms with Gasteiger partial charge in [0.25, 0.3) is 0 Å². The van der Waals surface area contributed by atoms with E-state index in [4.69, 9.17) is 0 Å². The molecule has 2 saturated carbocycles. The highest BCUT2D eigenvalue weighted by molar-refractivity contribution is 6.23. The summed E-state index contributed by atoms with van der Waals surface area (Å²) in [6.45, 7) is 0. The fourth-order valence-electron chi connectivity index (χ4n) is 6.44. The average Bonchev–Trinajstić information content (AvgIpc) is 3.29. The van der Waals surface area contributed by atoms with Crippen LogP contribution in [-0.2, 0) is 19.2 Å². The monoisotopic (exact) mass is 456 g/mol. The van der Waals surface area contributed by atoms with Crippen LogP contribution in [0.2, 0.25) is 0 Å². The van der Waals surface area contributed by atoms with Gasteiger partial charge >= 0.3 is 0 Å². The second-order valence-electron chi connectivity index (χ2n) is 10.1. The van der Waals surface area contributed by atoms with E-state index in [0.717, 1.165) is 62.5 Å². The van der Waals surface area contributed by atoms with Gasteiger partial charge in [0.2, 0.25) is 23.6 Å². The number of imide groups is 2. The highest BCUT2D eigenvalue weighted by Crippen LogP contribution is 2.42. The minimum Gasteiger partial charge on any atom is -0.274 e. The first-order valence-corrected chi connectivity index (χ1v) is 12.5. The van der Waals surface area contributed by atoms with Crippen molar-refractivity contribution >= 4 is 35.0 Å². The zero-order valence-corrected chi connectivity index (χ0v) is 19.1. The van der Waals surface area contributed by atoms with E-state index in [1.807, 2.05) is 48.5 Å². The van der Waals surface area contributed by atoms with E-state index in [1.54, 1.807) is 0 Å². The lowest BCUT2D eigenvalue weighted by Gasteiger charge is -2.19.